The van der Waals surface area contributed by atoms with Crippen molar-refractivity contribution in [2.75, 3.05) is 7.05 Å². The lowest BCUT2D eigenvalue weighted by molar-refractivity contribution is 0.523. The van der Waals surface area contributed by atoms with Gasteiger partial charge in [-0.3, -0.25) is 4.31 Å². The molecule has 90 valence electrons. The molecule has 0 bridgehead atoms. The van der Waals surface area contributed by atoms with Crippen LogP contribution in [0.5, 0.6) is 0 Å². The molecule has 0 aliphatic rings. The number of aryl methyl sites for hydroxylation is 1. The normalized spacial score (nSPS) is 12.9. The van der Waals surface area contributed by atoms with Crippen LogP contribution >= 0.6 is 22.9 Å². The minimum atomic E-state index is -3.47. The monoisotopic (exact) mass is 279 g/mol. The van der Waals surface area contributed by atoms with Crippen LogP contribution in [0.3, 0.4) is 0 Å². The molecule has 0 fully saturated rings. The highest BCUT2D eigenvalue weighted by atomic mass is 35.5. The SMILES string of the molecule is C/C=C(\C)N(C)S(=O)(=O)c1cc(Cl)sc1C. The highest BCUT2D eigenvalue weighted by molar-refractivity contribution is 7.89. The van der Waals surface area contributed by atoms with E-state index in [1.165, 1.54) is 28.8 Å². The van der Waals surface area contributed by atoms with Crippen molar-refractivity contribution in [3.05, 3.63) is 27.1 Å². The van der Waals surface area contributed by atoms with Gasteiger partial charge in [-0.2, -0.15) is 0 Å². The molecule has 0 unspecified atom stereocenters. The van der Waals surface area contributed by atoms with Gasteiger partial charge >= 0.3 is 0 Å². The Labute approximate surface area is 105 Å². The summed E-state index contributed by atoms with van der Waals surface area (Å²) < 4.78 is 26.2. The largest absolute Gasteiger partial charge is 0.274 e. The van der Waals surface area contributed by atoms with E-state index in [4.69, 9.17) is 11.6 Å². The summed E-state index contributed by atoms with van der Waals surface area (Å²) in [5.74, 6) is 0. The molecule has 0 aliphatic heterocycles. The van der Waals surface area contributed by atoms with Gasteiger partial charge in [-0.1, -0.05) is 17.7 Å². The summed E-state index contributed by atoms with van der Waals surface area (Å²) in [4.78, 5) is 0.993. The Balaban J connectivity index is 3.27. The maximum atomic E-state index is 12.2. The molecule has 0 saturated heterocycles. The van der Waals surface area contributed by atoms with Crippen LogP contribution in [0.15, 0.2) is 22.7 Å². The van der Waals surface area contributed by atoms with Crippen molar-refractivity contribution >= 4 is 33.0 Å². The van der Waals surface area contributed by atoms with Crippen molar-refractivity contribution in [1.29, 1.82) is 0 Å². The topological polar surface area (TPSA) is 37.4 Å². The molecule has 6 heteroatoms. The number of hydrogen-bond acceptors (Lipinski definition) is 3. The Morgan fingerprint density at radius 1 is 1.56 bits per heavy atom. The number of thiophene rings is 1. The average Bonchev–Trinajstić information content (AvgIpc) is 2.56. The van der Waals surface area contributed by atoms with Crippen molar-refractivity contribution in [3.8, 4) is 0 Å². The quantitative estimate of drug-likeness (QED) is 0.852. The van der Waals surface area contributed by atoms with Gasteiger partial charge in [0.2, 0.25) is 0 Å². The summed E-state index contributed by atoms with van der Waals surface area (Å²) in [7, 11) is -1.93. The smallest absolute Gasteiger partial charge is 0.264 e. The van der Waals surface area contributed by atoms with E-state index in [-0.39, 0.29) is 4.90 Å². The summed E-state index contributed by atoms with van der Waals surface area (Å²) >= 11 is 7.08. The van der Waals surface area contributed by atoms with Gasteiger partial charge < -0.3 is 0 Å². The molecule has 1 rings (SSSR count). The van der Waals surface area contributed by atoms with Gasteiger partial charge in [0.1, 0.15) is 4.90 Å². The zero-order chi connectivity index (χ0) is 12.5. The molecule has 1 aromatic rings. The third-order valence-electron chi connectivity index (χ3n) is 2.40. The van der Waals surface area contributed by atoms with E-state index >= 15 is 0 Å². The summed E-state index contributed by atoms with van der Waals surface area (Å²) in [6.45, 7) is 5.30. The van der Waals surface area contributed by atoms with Gasteiger partial charge in [0, 0.05) is 17.6 Å². The van der Waals surface area contributed by atoms with Gasteiger partial charge in [0.25, 0.3) is 10.0 Å². The maximum Gasteiger partial charge on any atom is 0.264 e. The third kappa shape index (κ3) is 2.42. The molecule has 0 atom stereocenters. The second-order valence-corrected chi connectivity index (χ2v) is 7.20. The predicted octanol–water partition coefficient (Wildman–Crippen LogP) is 3.25. The summed E-state index contributed by atoms with van der Waals surface area (Å²) in [6.07, 6.45) is 1.75. The Morgan fingerprint density at radius 3 is 2.50 bits per heavy atom. The van der Waals surface area contributed by atoms with Crippen LogP contribution in [0.4, 0.5) is 0 Å². The molecular weight excluding hydrogens is 266 g/mol. The number of nitrogens with zero attached hydrogens (tertiary/aromatic N) is 1. The van der Waals surface area contributed by atoms with Crippen LogP contribution in [-0.4, -0.2) is 19.8 Å². The van der Waals surface area contributed by atoms with Crippen LogP contribution in [0.2, 0.25) is 4.34 Å². The van der Waals surface area contributed by atoms with E-state index in [0.29, 0.717) is 14.9 Å². The summed E-state index contributed by atoms with van der Waals surface area (Å²) in [6, 6.07) is 1.50. The van der Waals surface area contributed by atoms with E-state index in [0.717, 1.165) is 0 Å². The lowest BCUT2D eigenvalue weighted by Gasteiger charge is -2.19. The number of halogens is 1. The van der Waals surface area contributed by atoms with Gasteiger partial charge in [-0.15, -0.1) is 11.3 Å². The maximum absolute atomic E-state index is 12.2. The molecule has 16 heavy (non-hydrogen) atoms. The number of hydrogen-bond donors (Lipinski definition) is 0. The Kier molecular flexibility index (Phi) is 4.04. The first kappa shape index (κ1) is 13.5. The van der Waals surface area contributed by atoms with E-state index in [1.54, 1.807) is 26.8 Å². The fourth-order valence-corrected chi connectivity index (χ4v) is 4.28. The zero-order valence-corrected chi connectivity index (χ0v) is 12.0. The summed E-state index contributed by atoms with van der Waals surface area (Å²) in [5.41, 5.74) is 0.682. The molecular formula is C10H14ClNO2S2. The van der Waals surface area contributed by atoms with Crippen LogP contribution in [0.1, 0.15) is 18.7 Å². The molecule has 3 nitrogen and oxygen atoms in total. The Hall–Kier alpha value is -0.520. The minimum absolute atomic E-state index is 0.284. The molecule has 0 amide bonds. The standard InChI is InChI=1S/C10H14ClNO2S2/c1-5-7(2)12(4)16(13,14)9-6-10(11)15-8(9)3/h5-6H,1-4H3/b7-5+. The number of allylic oxidation sites excluding steroid dienone is 2. The van der Waals surface area contributed by atoms with E-state index in [9.17, 15) is 8.42 Å². The highest BCUT2D eigenvalue weighted by Gasteiger charge is 2.24. The lowest BCUT2D eigenvalue weighted by atomic mass is 10.5. The second-order valence-electron chi connectivity index (χ2n) is 3.37. The van der Waals surface area contributed by atoms with Crippen molar-refractivity contribution in [2.45, 2.75) is 25.7 Å². The lowest BCUT2D eigenvalue weighted by Crippen LogP contribution is -2.25. The van der Waals surface area contributed by atoms with Gasteiger partial charge in [-0.25, -0.2) is 8.42 Å². The first-order valence-corrected chi connectivity index (χ1v) is 7.32. The fraction of sp³-hybridized carbons (Fsp3) is 0.400. The molecule has 1 aromatic heterocycles. The molecule has 0 aromatic carbocycles. The zero-order valence-electron chi connectivity index (χ0n) is 9.61. The van der Waals surface area contributed by atoms with Crippen molar-refractivity contribution in [3.63, 3.8) is 0 Å². The van der Waals surface area contributed by atoms with Crippen LogP contribution < -0.4 is 0 Å². The van der Waals surface area contributed by atoms with Gasteiger partial charge in [0.15, 0.2) is 0 Å². The minimum Gasteiger partial charge on any atom is -0.274 e. The van der Waals surface area contributed by atoms with Crippen LogP contribution in [0.25, 0.3) is 0 Å². The van der Waals surface area contributed by atoms with Gasteiger partial charge in [0.05, 0.1) is 4.34 Å². The molecule has 0 spiro atoms. The Morgan fingerprint density at radius 2 is 2.12 bits per heavy atom. The van der Waals surface area contributed by atoms with Gasteiger partial charge in [-0.05, 0) is 26.8 Å². The van der Waals surface area contributed by atoms with Crippen molar-refractivity contribution in [1.82, 2.24) is 4.31 Å². The van der Waals surface area contributed by atoms with Crippen molar-refractivity contribution in [2.24, 2.45) is 0 Å². The summed E-state index contributed by atoms with van der Waals surface area (Å²) in [5, 5.41) is 0. The van der Waals surface area contributed by atoms with Crippen molar-refractivity contribution < 1.29 is 8.42 Å². The Bertz CT molecular complexity index is 517. The molecule has 1 heterocycles. The van der Waals surface area contributed by atoms with E-state index < -0.39 is 10.0 Å². The number of rotatable bonds is 3. The molecule has 0 aliphatic carbocycles. The third-order valence-corrected chi connectivity index (χ3v) is 5.69. The predicted molar refractivity (Wildman–Crippen MR) is 68.4 cm³/mol. The molecule has 0 radical (unpaired) electrons. The van der Waals surface area contributed by atoms with Crippen LogP contribution in [-0.2, 0) is 10.0 Å². The molecule has 0 saturated carbocycles. The highest BCUT2D eigenvalue weighted by Crippen LogP contribution is 2.31. The molecule has 0 N–H and O–H groups in total. The average molecular weight is 280 g/mol. The van der Waals surface area contributed by atoms with E-state index in [1.807, 2.05) is 0 Å². The van der Waals surface area contributed by atoms with E-state index in [2.05, 4.69) is 0 Å². The first-order chi connectivity index (χ1) is 7.30. The fourth-order valence-electron chi connectivity index (χ4n) is 1.21. The first-order valence-electron chi connectivity index (χ1n) is 4.68. The second kappa shape index (κ2) is 4.77. The number of sulfonamides is 1. The van der Waals surface area contributed by atoms with Crippen LogP contribution in [0, 0.1) is 6.92 Å².